The van der Waals surface area contributed by atoms with Gasteiger partial charge in [0.25, 0.3) is 0 Å². The van der Waals surface area contributed by atoms with Gasteiger partial charge in [-0.15, -0.1) is 0 Å². The van der Waals surface area contributed by atoms with E-state index in [1.807, 2.05) is 0 Å². The van der Waals surface area contributed by atoms with Gasteiger partial charge in [0, 0.05) is 0 Å². The van der Waals surface area contributed by atoms with Gasteiger partial charge < -0.3 is 10.5 Å². The van der Waals surface area contributed by atoms with Crippen LogP contribution in [0.3, 0.4) is 0 Å². The van der Waals surface area contributed by atoms with E-state index in [0.717, 1.165) is 38.2 Å². The first kappa shape index (κ1) is 12.4. The van der Waals surface area contributed by atoms with Gasteiger partial charge in [-0.1, -0.05) is 26.0 Å². The maximum absolute atomic E-state index is 5.83. The molecule has 0 bridgehead atoms. The zero-order valence-corrected chi connectivity index (χ0v) is 10.9. The number of fused-ring (bicyclic) bond motifs is 1. The molecule has 94 valence electrons. The highest BCUT2D eigenvalue weighted by Gasteiger charge is 2.15. The Balaban J connectivity index is 2.11. The molecule has 0 fully saturated rings. The molecule has 0 saturated carbocycles. The fourth-order valence-corrected chi connectivity index (χ4v) is 2.43. The standard InChI is InChI=1S/C15H23NO/c1-11(2)14(10-16)9-12-5-6-15-13(8-12)4-3-7-17-15/h5-6,8,11,14H,3-4,7,9-10,16H2,1-2H3. The molecule has 0 radical (unpaired) electrons. The van der Waals surface area contributed by atoms with E-state index < -0.39 is 0 Å². The minimum atomic E-state index is 0.581. The first-order chi connectivity index (χ1) is 8.20. The average molecular weight is 233 g/mol. The summed E-state index contributed by atoms with van der Waals surface area (Å²) in [5.41, 5.74) is 8.60. The van der Waals surface area contributed by atoms with Crippen molar-refractivity contribution in [2.75, 3.05) is 13.2 Å². The maximum atomic E-state index is 5.83. The lowest BCUT2D eigenvalue weighted by molar-refractivity contribution is 0.288. The van der Waals surface area contributed by atoms with Gasteiger partial charge in [-0.2, -0.15) is 0 Å². The third-order valence-electron chi connectivity index (χ3n) is 3.72. The Morgan fingerprint density at radius 1 is 1.35 bits per heavy atom. The van der Waals surface area contributed by atoms with Gasteiger partial charge >= 0.3 is 0 Å². The van der Waals surface area contributed by atoms with Crippen molar-refractivity contribution >= 4 is 0 Å². The Bertz CT molecular complexity index is 373. The Kier molecular flexibility index (Phi) is 4.06. The normalized spacial score (nSPS) is 16.5. The van der Waals surface area contributed by atoms with Gasteiger partial charge in [0.15, 0.2) is 0 Å². The molecule has 0 aliphatic carbocycles. The second-order valence-corrected chi connectivity index (χ2v) is 5.34. The molecule has 1 aromatic carbocycles. The predicted molar refractivity (Wildman–Crippen MR) is 71.3 cm³/mol. The number of ether oxygens (including phenoxy) is 1. The van der Waals surface area contributed by atoms with Crippen LogP contribution in [0.1, 0.15) is 31.4 Å². The van der Waals surface area contributed by atoms with E-state index in [1.54, 1.807) is 0 Å². The highest BCUT2D eigenvalue weighted by Crippen LogP contribution is 2.27. The lowest BCUT2D eigenvalue weighted by Gasteiger charge is -2.21. The molecular formula is C15H23NO. The van der Waals surface area contributed by atoms with E-state index in [0.29, 0.717) is 11.8 Å². The number of nitrogens with two attached hydrogens (primary N) is 1. The van der Waals surface area contributed by atoms with Crippen molar-refractivity contribution in [2.45, 2.75) is 33.1 Å². The van der Waals surface area contributed by atoms with Crippen molar-refractivity contribution in [1.82, 2.24) is 0 Å². The molecule has 17 heavy (non-hydrogen) atoms. The fourth-order valence-electron chi connectivity index (χ4n) is 2.43. The molecule has 2 N–H and O–H groups in total. The lowest BCUT2D eigenvalue weighted by atomic mass is 9.88. The number of hydrogen-bond donors (Lipinski definition) is 1. The first-order valence-electron chi connectivity index (χ1n) is 6.65. The quantitative estimate of drug-likeness (QED) is 0.868. The van der Waals surface area contributed by atoms with E-state index in [9.17, 15) is 0 Å². The number of rotatable bonds is 4. The van der Waals surface area contributed by atoms with E-state index in [4.69, 9.17) is 10.5 Å². The molecule has 0 saturated heterocycles. The number of benzene rings is 1. The second kappa shape index (κ2) is 5.54. The minimum Gasteiger partial charge on any atom is -0.493 e. The zero-order valence-electron chi connectivity index (χ0n) is 10.9. The predicted octanol–water partition coefficient (Wildman–Crippen LogP) is 2.79. The highest BCUT2D eigenvalue weighted by atomic mass is 16.5. The zero-order chi connectivity index (χ0) is 12.3. The summed E-state index contributed by atoms with van der Waals surface area (Å²) < 4.78 is 5.63. The molecule has 0 aromatic heterocycles. The van der Waals surface area contributed by atoms with Crippen LogP contribution in [-0.4, -0.2) is 13.2 Å². The van der Waals surface area contributed by atoms with E-state index in [2.05, 4.69) is 32.0 Å². The van der Waals surface area contributed by atoms with Gasteiger partial charge in [-0.25, -0.2) is 0 Å². The minimum absolute atomic E-state index is 0.581. The molecule has 1 atom stereocenters. The van der Waals surface area contributed by atoms with Crippen LogP contribution in [0.15, 0.2) is 18.2 Å². The Morgan fingerprint density at radius 3 is 2.88 bits per heavy atom. The third-order valence-corrected chi connectivity index (χ3v) is 3.72. The van der Waals surface area contributed by atoms with Crippen LogP contribution in [0.5, 0.6) is 5.75 Å². The van der Waals surface area contributed by atoms with Crippen LogP contribution in [0, 0.1) is 11.8 Å². The number of hydrogen-bond acceptors (Lipinski definition) is 2. The summed E-state index contributed by atoms with van der Waals surface area (Å²) in [4.78, 5) is 0. The monoisotopic (exact) mass is 233 g/mol. The smallest absolute Gasteiger partial charge is 0.122 e. The summed E-state index contributed by atoms with van der Waals surface area (Å²) in [6.07, 6.45) is 3.38. The highest BCUT2D eigenvalue weighted by molar-refractivity contribution is 5.38. The molecule has 2 rings (SSSR count). The molecule has 2 heteroatoms. The molecule has 0 amide bonds. The molecule has 1 aliphatic rings. The van der Waals surface area contributed by atoms with Crippen molar-refractivity contribution in [3.8, 4) is 5.75 Å². The third kappa shape index (κ3) is 3.01. The molecule has 1 aromatic rings. The molecule has 1 aliphatic heterocycles. The van der Waals surface area contributed by atoms with Crippen LogP contribution >= 0.6 is 0 Å². The SMILES string of the molecule is CC(C)C(CN)Cc1ccc2c(c1)CCCO2. The van der Waals surface area contributed by atoms with Crippen molar-refractivity contribution < 1.29 is 4.74 Å². The molecule has 2 nitrogen and oxygen atoms in total. The van der Waals surface area contributed by atoms with Crippen molar-refractivity contribution in [3.63, 3.8) is 0 Å². The van der Waals surface area contributed by atoms with Crippen LogP contribution in [0.2, 0.25) is 0 Å². The lowest BCUT2D eigenvalue weighted by Crippen LogP contribution is -2.22. The van der Waals surface area contributed by atoms with Crippen LogP contribution in [0.4, 0.5) is 0 Å². The summed E-state index contributed by atoms with van der Waals surface area (Å²) in [7, 11) is 0. The Labute approximate surface area is 104 Å². The molecule has 0 spiro atoms. The summed E-state index contributed by atoms with van der Waals surface area (Å²) in [6.45, 7) is 6.13. The summed E-state index contributed by atoms with van der Waals surface area (Å²) in [6, 6.07) is 6.62. The molecule has 1 heterocycles. The topological polar surface area (TPSA) is 35.2 Å². The van der Waals surface area contributed by atoms with E-state index in [-0.39, 0.29) is 0 Å². The Hall–Kier alpha value is -1.02. The van der Waals surface area contributed by atoms with Crippen LogP contribution in [0.25, 0.3) is 0 Å². The van der Waals surface area contributed by atoms with Crippen molar-refractivity contribution in [1.29, 1.82) is 0 Å². The fraction of sp³-hybridized carbons (Fsp3) is 0.600. The summed E-state index contributed by atoms with van der Waals surface area (Å²) in [5, 5.41) is 0. The summed E-state index contributed by atoms with van der Waals surface area (Å²) >= 11 is 0. The average Bonchev–Trinajstić information content (AvgIpc) is 2.35. The van der Waals surface area contributed by atoms with Gasteiger partial charge in [-0.05, 0) is 54.8 Å². The van der Waals surface area contributed by atoms with Gasteiger partial charge in [0.1, 0.15) is 5.75 Å². The van der Waals surface area contributed by atoms with Gasteiger partial charge in [-0.3, -0.25) is 0 Å². The van der Waals surface area contributed by atoms with Crippen molar-refractivity contribution in [3.05, 3.63) is 29.3 Å². The number of aryl methyl sites for hydroxylation is 1. The van der Waals surface area contributed by atoms with E-state index in [1.165, 1.54) is 11.1 Å². The van der Waals surface area contributed by atoms with Gasteiger partial charge in [0.2, 0.25) is 0 Å². The van der Waals surface area contributed by atoms with Crippen molar-refractivity contribution in [2.24, 2.45) is 17.6 Å². The van der Waals surface area contributed by atoms with Gasteiger partial charge in [0.05, 0.1) is 6.61 Å². The first-order valence-corrected chi connectivity index (χ1v) is 6.65. The maximum Gasteiger partial charge on any atom is 0.122 e. The molecule has 1 unspecified atom stereocenters. The molecular weight excluding hydrogens is 210 g/mol. The summed E-state index contributed by atoms with van der Waals surface area (Å²) in [5.74, 6) is 2.30. The Morgan fingerprint density at radius 2 is 2.18 bits per heavy atom. The second-order valence-electron chi connectivity index (χ2n) is 5.34. The van der Waals surface area contributed by atoms with E-state index >= 15 is 0 Å². The van der Waals surface area contributed by atoms with Crippen LogP contribution in [-0.2, 0) is 12.8 Å². The largest absolute Gasteiger partial charge is 0.493 e. The van der Waals surface area contributed by atoms with Crippen LogP contribution < -0.4 is 10.5 Å².